The van der Waals surface area contributed by atoms with Gasteiger partial charge in [-0.2, -0.15) is 5.26 Å². The minimum atomic E-state index is -0.684. The third-order valence-corrected chi connectivity index (χ3v) is 11.6. The monoisotopic (exact) mass is 739 g/mol. The number of hydrogen-bond donors (Lipinski definition) is 0. The van der Waals surface area contributed by atoms with E-state index in [9.17, 15) is 5.26 Å². The van der Waals surface area contributed by atoms with Gasteiger partial charge in [0.1, 0.15) is 11.5 Å². The Morgan fingerprint density at radius 1 is 0.379 bits per heavy atom. The van der Waals surface area contributed by atoms with E-state index < -0.39 is 5.41 Å². The highest BCUT2D eigenvalue weighted by molar-refractivity contribution is 5.89. The lowest BCUT2D eigenvalue weighted by atomic mass is 9.65. The SMILES string of the molecule is N#Cc1ccc2c(c1)C1(c3cc(-c4cccc(-c5cc(-c6cccc(-c7ccccc7)c6)nc(-c6ccccc6)n5)c4)ccc3O2)c2ccccc2-c2ccccc21. The molecule has 0 amide bonds. The summed E-state index contributed by atoms with van der Waals surface area (Å²) in [5, 5.41) is 10.1. The van der Waals surface area contributed by atoms with E-state index in [1.54, 1.807) is 0 Å². The van der Waals surface area contributed by atoms with E-state index in [1.165, 1.54) is 22.3 Å². The predicted octanol–water partition coefficient (Wildman–Crippen LogP) is 13.2. The third kappa shape index (κ3) is 5.29. The van der Waals surface area contributed by atoms with Crippen LogP contribution in [0.3, 0.4) is 0 Å². The van der Waals surface area contributed by atoms with Crippen molar-refractivity contribution in [3.05, 3.63) is 228 Å². The molecule has 0 fully saturated rings. The molecule has 0 atom stereocenters. The van der Waals surface area contributed by atoms with E-state index in [2.05, 4.69) is 164 Å². The fraction of sp³-hybridized carbons (Fsp3) is 0.0185. The van der Waals surface area contributed by atoms with Crippen molar-refractivity contribution in [2.24, 2.45) is 0 Å². The summed E-state index contributed by atoms with van der Waals surface area (Å²) in [4.78, 5) is 10.3. The van der Waals surface area contributed by atoms with Crippen LogP contribution in [0.5, 0.6) is 11.5 Å². The zero-order valence-electron chi connectivity index (χ0n) is 31.3. The normalized spacial score (nSPS) is 12.7. The van der Waals surface area contributed by atoms with Crippen molar-refractivity contribution in [3.63, 3.8) is 0 Å². The maximum absolute atomic E-state index is 10.1. The van der Waals surface area contributed by atoms with Crippen LogP contribution in [0.4, 0.5) is 0 Å². The van der Waals surface area contributed by atoms with Gasteiger partial charge in [-0.3, -0.25) is 0 Å². The molecule has 0 saturated carbocycles. The van der Waals surface area contributed by atoms with Crippen LogP contribution >= 0.6 is 0 Å². The molecular formula is C54H33N3O. The number of aromatic nitrogens is 2. The maximum Gasteiger partial charge on any atom is 0.160 e. The van der Waals surface area contributed by atoms with Crippen molar-refractivity contribution in [1.82, 2.24) is 9.97 Å². The van der Waals surface area contributed by atoms with E-state index in [0.29, 0.717) is 11.4 Å². The van der Waals surface area contributed by atoms with E-state index in [4.69, 9.17) is 14.7 Å². The fourth-order valence-electron chi connectivity index (χ4n) is 8.96. The Hall–Kier alpha value is -7.87. The molecule has 0 radical (unpaired) electrons. The highest BCUT2D eigenvalue weighted by Gasteiger charge is 2.51. The largest absolute Gasteiger partial charge is 0.457 e. The Balaban J connectivity index is 1.07. The molecule has 58 heavy (non-hydrogen) atoms. The summed E-state index contributed by atoms with van der Waals surface area (Å²) in [7, 11) is 0. The van der Waals surface area contributed by atoms with E-state index in [-0.39, 0.29) is 0 Å². The number of fused-ring (bicyclic) bond motifs is 9. The molecule has 1 aliphatic carbocycles. The number of nitrogens with zero attached hydrogens (tertiary/aromatic N) is 3. The Bertz CT molecular complexity index is 3060. The smallest absolute Gasteiger partial charge is 0.160 e. The summed E-state index contributed by atoms with van der Waals surface area (Å²) in [6.07, 6.45) is 0. The second kappa shape index (κ2) is 13.4. The highest BCUT2D eigenvalue weighted by Crippen LogP contribution is 2.62. The number of hydrogen-bond acceptors (Lipinski definition) is 4. The van der Waals surface area contributed by atoms with Gasteiger partial charge in [0.2, 0.25) is 0 Å². The van der Waals surface area contributed by atoms with Gasteiger partial charge in [-0.15, -0.1) is 0 Å². The molecule has 2 heterocycles. The molecule has 1 aromatic heterocycles. The van der Waals surface area contributed by atoms with Gasteiger partial charge >= 0.3 is 0 Å². The molecule has 8 aromatic carbocycles. The standard InChI is InChI=1S/C54H33N3O/c55-34-35-25-27-51-47(29-35)54(45-23-9-7-21-43(45)44-22-8-10-24-46(44)54)48-32-40(26-28-52(48)58-51)39-18-12-20-42(31-39)50-33-49(56-53(57-50)37-15-5-2-6-16-37)41-19-11-17-38(30-41)36-13-3-1-4-14-36/h1-33H. The summed E-state index contributed by atoms with van der Waals surface area (Å²) in [5.41, 5.74) is 15.7. The topological polar surface area (TPSA) is 58.8 Å². The summed E-state index contributed by atoms with van der Waals surface area (Å²) in [6, 6.07) is 71.9. The van der Waals surface area contributed by atoms with Crippen LogP contribution < -0.4 is 4.74 Å². The van der Waals surface area contributed by atoms with Crippen LogP contribution in [0.1, 0.15) is 27.8 Å². The molecule has 4 heteroatoms. The Kier molecular flexibility index (Phi) is 7.74. The first-order chi connectivity index (χ1) is 28.7. The average molecular weight is 740 g/mol. The first-order valence-corrected chi connectivity index (χ1v) is 19.4. The van der Waals surface area contributed by atoms with Crippen molar-refractivity contribution in [1.29, 1.82) is 5.26 Å². The molecule has 0 unspecified atom stereocenters. The molecular weight excluding hydrogens is 707 g/mol. The average Bonchev–Trinajstić information content (AvgIpc) is 3.60. The summed E-state index contributed by atoms with van der Waals surface area (Å²) >= 11 is 0. The van der Waals surface area contributed by atoms with Crippen LogP contribution in [0, 0.1) is 11.3 Å². The molecule has 270 valence electrons. The Morgan fingerprint density at radius 3 is 1.48 bits per heavy atom. The zero-order chi connectivity index (χ0) is 38.6. The van der Waals surface area contributed by atoms with Gasteiger partial charge in [0, 0.05) is 27.8 Å². The van der Waals surface area contributed by atoms with Gasteiger partial charge in [0.05, 0.1) is 28.4 Å². The van der Waals surface area contributed by atoms with Crippen LogP contribution in [0.25, 0.3) is 67.3 Å². The molecule has 2 aliphatic rings. The van der Waals surface area contributed by atoms with Gasteiger partial charge in [0.25, 0.3) is 0 Å². The van der Waals surface area contributed by atoms with Gasteiger partial charge < -0.3 is 4.74 Å². The van der Waals surface area contributed by atoms with Crippen LogP contribution in [-0.4, -0.2) is 9.97 Å². The quantitative estimate of drug-likeness (QED) is 0.176. The fourth-order valence-corrected chi connectivity index (χ4v) is 8.96. The molecule has 4 nitrogen and oxygen atoms in total. The summed E-state index contributed by atoms with van der Waals surface area (Å²) in [6.45, 7) is 0. The summed E-state index contributed by atoms with van der Waals surface area (Å²) < 4.78 is 6.70. The number of rotatable bonds is 5. The highest BCUT2D eigenvalue weighted by atomic mass is 16.5. The minimum Gasteiger partial charge on any atom is -0.457 e. The van der Waals surface area contributed by atoms with Gasteiger partial charge in [-0.1, -0.05) is 152 Å². The third-order valence-electron chi connectivity index (χ3n) is 11.6. The van der Waals surface area contributed by atoms with Gasteiger partial charge in [-0.25, -0.2) is 9.97 Å². The molecule has 11 rings (SSSR count). The first kappa shape index (κ1) is 33.5. The number of ether oxygens (including phenoxy) is 1. The molecule has 0 bridgehead atoms. The second-order valence-corrected chi connectivity index (χ2v) is 14.8. The molecule has 1 aliphatic heterocycles. The summed E-state index contributed by atoms with van der Waals surface area (Å²) in [5.74, 6) is 2.23. The molecule has 0 saturated heterocycles. The van der Waals surface area contributed by atoms with Crippen LogP contribution in [0.15, 0.2) is 200 Å². The van der Waals surface area contributed by atoms with Crippen LogP contribution in [0.2, 0.25) is 0 Å². The number of nitriles is 1. The van der Waals surface area contributed by atoms with Crippen molar-refractivity contribution < 1.29 is 4.74 Å². The number of benzene rings is 8. The zero-order valence-corrected chi connectivity index (χ0v) is 31.3. The lowest BCUT2D eigenvalue weighted by Crippen LogP contribution is -2.32. The van der Waals surface area contributed by atoms with Crippen molar-refractivity contribution >= 4 is 0 Å². The molecule has 9 aromatic rings. The van der Waals surface area contributed by atoms with E-state index >= 15 is 0 Å². The van der Waals surface area contributed by atoms with Crippen molar-refractivity contribution in [2.75, 3.05) is 0 Å². The Labute approximate surface area is 337 Å². The molecule has 0 N–H and O–H groups in total. The predicted molar refractivity (Wildman–Crippen MR) is 231 cm³/mol. The van der Waals surface area contributed by atoms with Gasteiger partial charge in [0.15, 0.2) is 5.82 Å². The lowest BCUT2D eigenvalue weighted by Gasteiger charge is -2.39. The van der Waals surface area contributed by atoms with E-state index in [1.807, 2.05) is 42.5 Å². The lowest BCUT2D eigenvalue weighted by molar-refractivity contribution is 0.436. The maximum atomic E-state index is 10.1. The second-order valence-electron chi connectivity index (χ2n) is 14.8. The van der Waals surface area contributed by atoms with Gasteiger partial charge in [-0.05, 0) is 93.0 Å². The first-order valence-electron chi connectivity index (χ1n) is 19.4. The van der Waals surface area contributed by atoms with Crippen molar-refractivity contribution in [2.45, 2.75) is 5.41 Å². The van der Waals surface area contributed by atoms with Crippen molar-refractivity contribution in [3.8, 4) is 84.9 Å². The molecule has 1 spiro atoms. The Morgan fingerprint density at radius 2 is 0.862 bits per heavy atom. The minimum absolute atomic E-state index is 0.599. The van der Waals surface area contributed by atoms with E-state index in [0.717, 1.165) is 73.0 Å². The van der Waals surface area contributed by atoms with Crippen LogP contribution in [-0.2, 0) is 5.41 Å².